The number of halogens is 2. The van der Waals surface area contributed by atoms with Crippen molar-refractivity contribution in [1.82, 2.24) is 5.32 Å². The minimum Gasteiger partial charge on any atom is -0.347 e. The average molecular weight is 389 g/mol. The summed E-state index contributed by atoms with van der Waals surface area (Å²) in [6, 6.07) is 9.69. The van der Waals surface area contributed by atoms with Crippen molar-refractivity contribution in [2.75, 3.05) is 0 Å². The summed E-state index contributed by atoms with van der Waals surface area (Å²) >= 11 is 8.41. The Labute approximate surface area is 127 Å². The van der Waals surface area contributed by atoms with Gasteiger partial charge in [-0.25, -0.2) is 0 Å². The molecule has 0 fully saturated rings. The van der Waals surface area contributed by atoms with Crippen LogP contribution in [0.25, 0.3) is 0 Å². The van der Waals surface area contributed by atoms with Crippen LogP contribution in [0.1, 0.15) is 20.8 Å². The van der Waals surface area contributed by atoms with E-state index in [0.29, 0.717) is 12.1 Å². The van der Waals surface area contributed by atoms with Gasteiger partial charge in [-0.1, -0.05) is 22.0 Å². The molecule has 0 radical (unpaired) electrons. The Balaban J connectivity index is 2.05. The van der Waals surface area contributed by atoms with Crippen LogP contribution in [0.5, 0.6) is 0 Å². The molecule has 94 valence electrons. The summed E-state index contributed by atoms with van der Waals surface area (Å²) in [5, 5.41) is 2.93. The van der Waals surface area contributed by atoms with Gasteiger partial charge in [-0.2, -0.15) is 0 Å². The van der Waals surface area contributed by atoms with Crippen molar-refractivity contribution in [2.45, 2.75) is 13.5 Å². The smallest absolute Gasteiger partial charge is 0.251 e. The summed E-state index contributed by atoms with van der Waals surface area (Å²) in [6.07, 6.45) is 0. The number of hydrogen-bond acceptors (Lipinski definition) is 2. The lowest BCUT2D eigenvalue weighted by Crippen LogP contribution is -2.23. The van der Waals surface area contributed by atoms with Crippen molar-refractivity contribution in [1.29, 1.82) is 0 Å². The maximum absolute atomic E-state index is 12.1. The van der Waals surface area contributed by atoms with Crippen LogP contribution in [-0.2, 0) is 6.54 Å². The molecule has 0 aliphatic heterocycles. The molecular formula is C13H11Br2NOS. The van der Waals surface area contributed by atoms with Gasteiger partial charge in [0.1, 0.15) is 0 Å². The second-order valence-corrected chi connectivity index (χ2v) is 7.31. The van der Waals surface area contributed by atoms with Crippen LogP contribution in [0.4, 0.5) is 0 Å². The fourth-order valence-electron chi connectivity index (χ4n) is 1.55. The Morgan fingerprint density at radius 2 is 2.06 bits per heavy atom. The van der Waals surface area contributed by atoms with Crippen LogP contribution in [0.3, 0.4) is 0 Å². The van der Waals surface area contributed by atoms with Gasteiger partial charge in [0.25, 0.3) is 5.91 Å². The third-order valence-corrected chi connectivity index (χ3v) is 4.61. The molecule has 0 spiro atoms. The maximum Gasteiger partial charge on any atom is 0.251 e. The highest BCUT2D eigenvalue weighted by atomic mass is 79.9. The normalized spacial score (nSPS) is 10.4. The fraction of sp³-hybridized carbons (Fsp3) is 0.154. The van der Waals surface area contributed by atoms with Gasteiger partial charge in [0.15, 0.2) is 0 Å². The van der Waals surface area contributed by atoms with Gasteiger partial charge in [-0.3, -0.25) is 4.79 Å². The molecule has 1 N–H and O–H groups in total. The van der Waals surface area contributed by atoms with Crippen molar-refractivity contribution < 1.29 is 4.79 Å². The second-order valence-electron chi connectivity index (χ2n) is 3.85. The molecule has 0 saturated heterocycles. The Kier molecular flexibility index (Phi) is 4.59. The zero-order valence-corrected chi connectivity index (χ0v) is 13.7. The molecule has 2 nitrogen and oxygen atoms in total. The number of nitrogens with one attached hydrogen (secondary N) is 1. The van der Waals surface area contributed by atoms with Crippen molar-refractivity contribution in [3.8, 4) is 0 Å². The first kappa shape index (κ1) is 13.8. The molecule has 0 saturated carbocycles. The molecule has 2 rings (SSSR count). The zero-order chi connectivity index (χ0) is 13.1. The minimum atomic E-state index is -0.0432. The van der Waals surface area contributed by atoms with Crippen LogP contribution < -0.4 is 5.32 Å². The molecule has 5 heteroatoms. The summed E-state index contributed by atoms with van der Waals surface area (Å²) in [4.78, 5) is 13.2. The predicted octanol–water partition coefficient (Wildman–Crippen LogP) is 4.51. The van der Waals surface area contributed by atoms with E-state index < -0.39 is 0 Å². The molecule has 1 aromatic heterocycles. The summed E-state index contributed by atoms with van der Waals surface area (Å²) in [5.74, 6) is -0.0432. The molecule has 0 bridgehead atoms. The van der Waals surface area contributed by atoms with E-state index in [1.165, 1.54) is 0 Å². The largest absolute Gasteiger partial charge is 0.347 e. The number of hydrogen-bond donors (Lipinski definition) is 1. The number of rotatable bonds is 3. The molecule has 0 aliphatic carbocycles. The van der Waals surface area contributed by atoms with Gasteiger partial charge in [-0.15, -0.1) is 11.3 Å². The van der Waals surface area contributed by atoms with Crippen LogP contribution in [0.15, 0.2) is 38.6 Å². The lowest BCUT2D eigenvalue weighted by molar-refractivity contribution is 0.0950. The molecule has 1 heterocycles. The lowest BCUT2D eigenvalue weighted by Gasteiger charge is -2.07. The molecule has 1 amide bonds. The summed E-state index contributed by atoms with van der Waals surface area (Å²) < 4.78 is 1.99. The Hall–Kier alpha value is -0.650. The van der Waals surface area contributed by atoms with E-state index in [2.05, 4.69) is 37.2 Å². The van der Waals surface area contributed by atoms with E-state index in [9.17, 15) is 4.79 Å². The SMILES string of the molecule is Cc1ccc(Br)cc1C(=O)NCc1ccc(Br)s1. The van der Waals surface area contributed by atoms with Crippen molar-refractivity contribution in [3.05, 3.63) is 54.6 Å². The minimum absolute atomic E-state index is 0.0432. The zero-order valence-electron chi connectivity index (χ0n) is 9.67. The van der Waals surface area contributed by atoms with E-state index in [1.807, 2.05) is 37.3 Å². The number of carbonyl (C=O) groups excluding carboxylic acids is 1. The lowest BCUT2D eigenvalue weighted by atomic mass is 10.1. The number of amides is 1. The van der Waals surface area contributed by atoms with Gasteiger partial charge < -0.3 is 5.32 Å². The number of thiophene rings is 1. The summed E-state index contributed by atoms with van der Waals surface area (Å²) in [7, 11) is 0. The third-order valence-electron chi connectivity index (χ3n) is 2.50. The molecule has 0 unspecified atom stereocenters. The molecular weight excluding hydrogens is 378 g/mol. The standard InChI is InChI=1S/C13H11Br2NOS/c1-8-2-3-9(14)6-11(8)13(17)16-7-10-4-5-12(15)18-10/h2-6H,7H2,1H3,(H,16,17). The van der Waals surface area contributed by atoms with E-state index in [-0.39, 0.29) is 5.91 Å². The van der Waals surface area contributed by atoms with E-state index >= 15 is 0 Å². The van der Waals surface area contributed by atoms with Crippen LogP contribution >= 0.6 is 43.2 Å². The highest BCUT2D eigenvalue weighted by Gasteiger charge is 2.09. The van der Waals surface area contributed by atoms with Crippen LogP contribution in [0.2, 0.25) is 0 Å². The van der Waals surface area contributed by atoms with Crippen molar-refractivity contribution in [2.24, 2.45) is 0 Å². The predicted molar refractivity (Wildman–Crippen MR) is 82.1 cm³/mol. The van der Waals surface area contributed by atoms with Crippen molar-refractivity contribution in [3.63, 3.8) is 0 Å². The Morgan fingerprint density at radius 1 is 1.28 bits per heavy atom. The number of aryl methyl sites for hydroxylation is 1. The first-order valence-electron chi connectivity index (χ1n) is 5.35. The van der Waals surface area contributed by atoms with Gasteiger partial charge >= 0.3 is 0 Å². The van der Waals surface area contributed by atoms with Gasteiger partial charge in [0.05, 0.1) is 10.3 Å². The first-order valence-corrected chi connectivity index (χ1v) is 7.75. The fourth-order valence-corrected chi connectivity index (χ4v) is 3.33. The highest BCUT2D eigenvalue weighted by molar-refractivity contribution is 9.11. The monoisotopic (exact) mass is 387 g/mol. The molecule has 0 atom stereocenters. The molecule has 1 aromatic carbocycles. The van der Waals surface area contributed by atoms with E-state index in [4.69, 9.17) is 0 Å². The van der Waals surface area contributed by atoms with Gasteiger partial charge in [-0.05, 0) is 52.7 Å². The first-order chi connectivity index (χ1) is 8.56. The summed E-state index contributed by atoms with van der Waals surface area (Å²) in [6.45, 7) is 2.49. The maximum atomic E-state index is 12.1. The van der Waals surface area contributed by atoms with Crippen molar-refractivity contribution >= 4 is 49.1 Å². The van der Waals surface area contributed by atoms with Gasteiger partial charge in [0, 0.05) is 14.9 Å². The summed E-state index contributed by atoms with van der Waals surface area (Å²) in [5.41, 5.74) is 1.68. The third kappa shape index (κ3) is 3.43. The molecule has 18 heavy (non-hydrogen) atoms. The number of benzene rings is 1. The quantitative estimate of drug-likeness (QED) is 0.823. The van der Waals surface area contributed by atoms with Crippen LogP contribution in [0, 0.1) is 6.92 Å². The highest BCUT2D eigenvalue weighted by Crippen LogP contribution is 2.22. The van der Waals surface area contributed by atoms with E-state index in [0.717, 1.165) is 18.7 Å². The topological polar surface area (TPSA) is 29.1 Å². The number of carbonyl (C=O) groups is 1. The molecule has 0 aliphatic rings. The van der Waals surface area contributed by atoms with Crippen LogP contribution in [-0.4, -0.2) is 5.91 Å². The Morgan fingerprint density at radius 3 is 2.72 bits per heavy atom. The van der Waals surface area contributed by atoms with Gasteiger partial charge in [0.2, 0.25) is 0 Å². The Bertz CT molecular complexity index is 580. The van der Waals surface area contributed by atoms with E-state index in [1.54, 1.807) is 11.3 Å². The average Bonchev–Trinajstić information content (AvgIpc) is 2.75. The molecule has 2 aromatic rings. The second kappa shape index (κ2) is 5.99.